The van der Waals surface area contributed by atoms with Crippen LogP contribution in [-0.4, -0.2) is 0 Å². The van der Waals surface area contributed by atoms with Crippen LogP contribution in [0.3, 0.4) is 0 Å². The van der Waals surface area contributed by atoms with Gasteiger partial charge in [0, 0.05) is 0 Å². The predicted octanol–water partition coefficient (Wildman–Crippen LogP) is 3.99. The summed E-state index contributed by atoms with van der Waals surface area (Å²) in [7, 11) is 0.130. The molecule has 0 fully saturated rings. The summed E-state index contributed by atoms with van der Waals surface area (Å²) in [6, 6.07) is 0. The fourth-order valence-electron chi connectivity index (χ4n) is 0. The maximum absolute atomic E-state index is 2.46. The second-order valence-corrected chi connectivity index (χ2v) is 47.2. The molecule has 0 saturated heterocycles. The fraction of sp³-hybridized carbons (Fsp3) is 0. The van der Waals surface area contributed by atoms with Crippen LogP contribution < -0.4 is 0 Å². The van der Waals surface area contributed by atoms with Crippen molar-refractivity contribution < 1.29 is 20.2 Å². The summed E-state index contributed by atoms with van der Waals surface area (Å²) in [5, 5.41) is 0. The van der Waals surface area contributed by atoms with Gasteiger partial charge in [0.15, 0.2) is 0 Å². The van der Waals surface area contributed by atoms with E-state index >= 15 is 0 Å². The van der Waals surface area contributed by atoms with Crippen LogP contribution in [0.1, 0.15) is 0 Å². The monoisotopic (exact) mass is 651 g/mol. The second-order valence-electron chi connectivity index (χ2n) is 0.202. The SMILES string of the molecule is [CH3-].[I][Zn][I].[I][Zn][I]. The molecule has 0 spiro atoms. The van der Waals surface area contributed by atoms with E-state index in [4.69, 9.17) is 0 Å². The van der Waals surface area contributed by atoms with Gasteiger partial charge in [0.1, 0.15) is 0 Å². The number of hydrogen-bond acceptors (Lipinski definition) is 0. The zero-order valence-corrected chi connectivity index (χ0v) is 18.5. The van der Waals surface area contributed by atoms with Crippen LogP contribution in [0.2, 0.25) is 0 Å². The first kappa shape index (κ1) is 17.3. The Hall–Kier alpha value is 4.17. The van der Waals surface area contributed by atoms with Gasteiger partial charge in [-0.05, 0) is 0 Å². The fourth-order valence-corrected chi connectivity index (χ4v) is 0. The number of halogens is 4. The van der Waals surface area contributed by atoms with Crippen LogP contribution >= 0.6 is 79.0 Å². The van der Waals surface area contributed by atoms with Gasteiger partial charge < -0.3 is 7.43 Å². The number of hydrogen-bond donors (Lipinski definition) is 0. The van der Waals surface area contributed by atoms with E-state index in [1.165, 1.54) is 0 Å². The average Bonchev–Trinajstić information content (AvgIpc) is 1.39. The van der Waals surface area contributed by atoms with Crippen LogP contribution in [0.25, 0.3) is 0 Å². The summed E-state index contributed by atoms with van der Waals surface area (Å²) in [5.74, 6) is 0. The molecule has 0 heterocycles. The van der Waals surface area contributed by atoms with Gasteiger partial charge in [-0.1, -0.05) is 0 Å². The molecule has 0 nitrogen and oxygen atoms in total. The summed E-state index contributed by atoms with van der Waals surface area (Å²) >= 11 is 9.85. The standard InChI is InChI=1S/CH3.4HI.2Zn/h1H3;4*1H;;/q-1;;;;;2*+2/p-4. The van der Waals surface area contributed by atoms with Crippen molar-refractivity contribution in [2.75, 3.05) is 0 Å². The Bertz CT molecular complexity index is 11.7. The topological polar surface area (TPSA) is 0 Å². The van der Waals surface area contributed by atoms with Gasteiger partial charge in [-0.2, -0.15) is 0 Å². The average molecular weight is 653 g/mol. The third-order valence-corrected chi connectivity index (χ3v) is 0. The summed E-state index contributed by atoms with van der Waals surface area (Å²) in [6.45, 7) is 0. The van der Waals surface area contributed by atoms with Gasteiger partial charge >= 0.3 is 99.2 Å². The van der Waals surface area contributed by atoms with Crippen LogP contribution in [0, 0.1) is 7.43 Å². The molecule has 0 aliphatic rings. The molecule has 6 heteroatoms. The molecule has 0 N–H and O–H groups in total. The van der Waals surface area contributed by atoms with Gasteiger partial charge in [0.05, 0.1) is 0 Å². The second kappa shape index (κ2) is 22.5. The van der Waals surface area contributed by atoms with E-state index in [9.17, 15) is 0 Å². The van der Waals surface area contributed by atoms with E-state index in [1.54, 1.807) is 0 Å². The first-order chi connectivity index (χ1) is 2.83. The Morgan fingerprint density at radius 2 is 0.714 bits per heavy atom. The predicted molar refractivity (Wildman–Crippen MR) is 62.5 cm³/mol. The van der Waals surface area contributed by atoms with Crippen molar-refractivity contribution >= 4 is 79.0 Å². The summed E-state index contributed by atoms with van der Waals surface area (Å²) in [4.78, 5) is 0. The van der Waals surface area contributed by atoms with Crippen molar-refractivity contribution in [2.45, 2.75) is 0 Å². The van der Waals surface area contributed by atoms with Crippen LogP contribution in [0.4, 0.5) is 0 Å². The Balaban J connectivity index is -0.0000000400. The van der Waals surface area contributed by atoms with Crippen molar-refractivity contribution in [2.24, 2.45) is 0 Å². The van der Waals surface area contributed by atoms with Crippen LogP contribution in [-0.2, 0) is 20.2 Å². The van der Waals surface area contributed by atoms with Crippen molar-refractivity contribution in [3.8, 4) is 0 Å². The summed E-state index contributed by atoms with van der Waals surface area (Å²) < 4.78 is 0. The molecule has 0 bridgehead atoms. The Morgan fingerprint density at radius 1 is 0.714 bits per heavy atom. The van der Waals surface area contributed by atoms with Crippen molar-refractivity contribution in [3.05, 3.63) is 7.43 Å². The minimum absolute atomic E-state index is 0. The van der Waals surface area contributed by atoms with Crippen molar-refractivity contribution in [3.63, 3.8) is 0 Å². The van der Waals surface area contributed by atoms with Crippen LogP contribution in [0.15, 0.2) is 0 Å². The molecular weight excluding hydrogens is 650 g/mol. The van der Waals surface area contributed by atoms with Gasteiger partial charge in [0.25, 0.3) is 0 Å². The first-order valence-electron chi connectivity index (χ1n) is 1.07. The van der Waals surface area contributed by atoms with E-state index in [2.05, 4.69) is 79.0 Å². The van der Waals surface area contributed by atoms with E-state index in [0.29, 0.717) is 0 Å². The molecule has 0 aliphatic carbocycles. The Morgan fingerprint density at radius 3 is 0.714 bits per heavy atom. The van der Waals surface area contributed by atoms with Gasteiger partial charge in [-0.3, -0.25) is 0 Å². The molecule has 0 rings (SSSR count). The van der Waals surface area contributed by atoms with Crippen LogP contribution in [0.5, 0.6) is 0 Å². The zero-order valence-electron chi connectivity index (χ0n) is 3.93. The molecule has 7 heavy (non-hydrogen) atoms. The van der Waals surface area contributed by atoms with E-state index in [-0.39, 0.29) is 27.6 Å². The minimum atomic E-state index is 0. The summed E-state index contributed by atoms with van der Waals surface area (Å²) in [5.41, 5.74) is 0. The molecular formula is CH3I4Zn2-. The molecule has 0 amide bonds. The molecule has 0 aromatic carbocycles. The molecule has 40 valence electrons. The van der Waals surface area contributed by atoms with E-state index in [1.807, 2.05) is 0 Å². The van der Waals surface area contributed by atoms with Gasteiger partial charge in [-0.25, -0.2) is 0 Å². The maximum atomic E-state index is 2.46. The van der Waals surface area contributed by atoms with E-state index < -0.39 is 0 Å². The Labute approximate surface area is 103 Å². The molecule has 0 aliphatic heterocycles. The zero-order chi connectivity index (χ0) is 5.41. The van der Waals surface area contributed by atoms with E-state index in [0.717, 1.165) is 0 Å². The molecule has 0 atom stereocenters. The molecule has 0 radical (unpaired) electrons. The molecule has 0 aromatic rings. The third-order valence-electron chi connectivity index (χ3n) is 0. The van der Waals surface area contributed by atoms with Crippen molar-refractivity contribution in [1.82, 2.24) is 0 Å². The van der Waals surface area contributed by atoms with Crippen molar-refractivity contribution in [1.29, 1.82) is 0 Å². The third kappa shape index (κ3) is 39.1. The first-order valence-corrected chi connectivity index (χ1v) is 37.3. The molecule has 0 unspecified atom stereocenters. The summed E-state index contributed by atoms with van der Waals surface area (Å²) in [6.07, 6.45) is 0. The molecule has 0 aromatic heterocycles. The normalized spacial score (nSPS) is 2.86. The molecule has 0 saturated carbocycles. The number of rotatable bonds is 0. The van der Waals surface area contributed by atoms with Gasteiger partial charge in [0.2, 0.25) is 0 Å². The van der Waals surface area contributed by atoms with Gasteiger partial charge in [-0.15, -0.1) is 0 Å². The quantitative estimate of drug-likeness (QED) is 0.211. The Kier molecular flexibility index (Phi) is 55.5.